The number of para-hydroxylation sites is 1. The maximum absolute atomic E-state index is 12.0. The predicted octanol–water partition coefficient (Wildman–Crippen LogP) is 3.17. The van der Waals surface area contributed by atoms with E-state index >= 15 is 0 Å². The third-order valence-electron chi connectivity index (χ3n) is 4.77. The number of aromatic nitrogens is 2. The number of thiazole rings is 1. The van der Waals surface area contributed by atoms with Crippen LogP contribution in [0, 0.1) is 12.8 Å². The fourth-order valence-electron chi connectivity index (χ4n) is 3.30. The second kappa shape index (κ2) is 7.45. The summed E-state index contributed by atoms with van der Waals surface area (Å²) < 4.78 is 6.33. The summed E-state index contributed by atoms with van der Waals surface area (Å²) in [5.41, 5.74) is 1.87. The van der Waals surface area contributed by atoms with E-state index in [1.54, 1.807) is 17.4 Å². The molecule has 0 bridgehead atoms. The lowest BCUT2D eigenvalue weighted by Gasteiger charge is -2.31. The average Bonchev–Trinajstić information content (AvgIpc) is 3.26. The van der Waals surface area contributed by atoms with Crippen molar-refractivity contribution in [2.75, 3.05) is 24.5 Å². The molecule has 6 nitrogen and oxygen atoms in total. The molecule has 1 amide bonds. The van der Waals surface area contributed by atoms with Crippen LogP contribution in [0.5, 0.6) is 0 Å². The molecule has 3 aromatic rings. The summed E-state index contributed by atoms with van der Waals surface area (Å²) in [4.78, 5) is 19.1. The van der Waals surface area contributed by atoms with Crippen molar-refractivity contribution in [3.63, 3.8) is 0 Å². The van der Waals surface area contributed by atoms with Crippen LogP contribution in [0.25, 0.3) is 10.2 Å². The normalized spacial score (nSPS) is 15.5. The third-order valence-corrected chi connectivity index (χ3v) is 5.86. The van der Waals surface area contributed by atoms with Crippen molar-refractivity contribution >= 4 is 32.6 Å². The second-order valence-electron chi connectivity index (χ2n) is 6.81. The maximum Gasteiger partial charge on any atom is 0.227 e. The summed E-state index contributed by atoms with van der Waals surface area (Å²) in [5, 5.41) is 7.94. The van der Waals surface area contributed by atoms with E-state index in [0.717, 1.165) is 48.8 Å². The van der Waals surface area contributed by atoms with E-state index in [4.69, 9.17) is 9.51 Å². The van der Waals surface area contributed by atoms with Crippen LogP contribution in [0.15, 0.2) is 34.9 Å². The monoisotopic (exact) mass is 370 g/mol. The van der Waals surface area contributed by atoms with Crippen LogP contribution in [0.2, 0.25) is 0 Å². The molecule has 0 spiro atoms. The number of anilines is 1. The summed E-state index contributed by atoms with van der Waals surface area (Å²) in [6.07, 6.45) is 2.39. The Morgan fingerprint density at radius 2 is 2.15 bits per heavy atom. The van der Waals surface area contributed by atoms with Crippen molar-refractivity contribution in [1.29, 1.82) is 0 Å². The fourth-order valence-corrected chi connectivity index (χ4v) is 4.32. The van der Waals surface area contributed by atoms with Crippen molar-refractivity contribution in [3.05, 3.63) is 41.8 Å². The van der Waals surface area contributed by atoms with Gasteiger partial charge < -0.3 is 14.7 Å². The Balaban J connectivity index is 1.25. The Morgan fingerprint density at radius 3 is 2.88 bits per heavy atom. The molecule has 0 unspecified atom stereocenters. The Labute approximate surface area is 156 Å². The van der Waals surface area contributed by atoms with Gasteiger partial charge in [0, 0.05) is 25.7 Å². The van der Waals surface area contributed by atoms with Gasteiger partial charge in [-0.1, -0.05) is 28.6 Å². The predicted molar refractivity (Wildman–Crippen MR) is 103 cm³/mol. The number of rotatable bonds is 5. The second-order valence-corrected chi connectivity index (χ2v) is 7.82. The highest BCUT2D eigenvalue weighted by Crippen LogP contribution is 2.31. The van der Waals surface area contributed by atoms with Crippen LogP contribution in [-0.4, -0.2) is 35.7 Å². The summed E-state index contributed by atoms with van der Waals surface area (Å²) in [6, 6.07) is 10.1. The number of hydrogen-bond acceptors (Lipinski definition) is 6. The van der Waals surface area contributed by atoms with Crippen LogP contribution in [0.1, 0.15) is 24.3 Å². The number of aryl methyl sites for hydroxylation is 1. The van der Waals surface area contributed by atoms with Gasteiger partial charge >= 0.3 is 0 Å². The van der Waals surface area contributed by atoms with Gasteiger partial charge in [-0.15, -0.1) is 0 Å². The topological polar surface area (TPSA) is 71.3 Å². The molecule has 4 rings (SSSR count). The lowest BCUT2D eigenvalue weighted by atomic mass is 9.97. The number of amides is 1. The van der Waals surface area contributed by atoms with Gasteiger partial charge in [-0.3, -0.25) is 4.79 Å². The first-order valence-electron chi connectivity index (χ1n) is 8.97. The number of carbonyl (C=O) groups is 1. The molecule has 1 aromatic carbocycles. The molecule has 7 heteroatoms. The molecule has 1 aliphatic heterocycles. The van der Waals surface area contributed by atoms with E-state index < -0.39 is 0 Å². The number of piperidine rings is 1. The quantitative estimate of drug-likeness (QED) is 0.747. The van der Waals surface area contributed by atoms with Crippen molar-refractivity contribution in [2.45, 2.75) is 26.2 Å². The van der Waals surface area contributed by atoms with Gasteiger partial charge in [0.1, 0.15) is 5.76 Å². The Kier molecular flexibility index (Phi) is 4.88. The minimum absolute atomic E-state index is 0.00486. The molecule has 1 N–H and O–H groups in total. The zero-order valence-electron chi connectivity index (χ0n) is 14.8. The summed E-state index contributed by atoms with van der Waals surface area (Å²) >= 11 is 1.76. The van der Waals surface area contributed by atoms with Gasteiger partial charge in [0.25, 0.3) is 0 Å². The molecule has 1 fully saturated rings. The molecule has 0 radical (unpaired) electrons. The van der Waals surface area contributed by atoms with E-state index in [1.807, 2.05) is 13.0 Å². The molecular formula is C19H22N4O2S. The number of benzene rings is 1. The molecule has 26 heavy (non-hydrogen) atoms. The van der Waals surface area contributed by atoms with Crippen molar-refractivity contribution < 1.29 is 9.32 Å². The van der Waals surface area contributed by atoms with Crippen molar-refractivity contribution in [3.8, 4) is 0 Å². The summed E-state index contributed by atoms with van der Waals surface area (Å²) in [5.74, 6) is 1.13. The lowest BCUT2D eigenvalue weighted by Crippen LogP contribution is -2.39. The van der Waals surface area contributed by atoms with Gasteiger partial charge in [0.05, 0.1) is 22.3 Å². The van der Waals surface area contributed by atoms with Gasteiger partial charge in [0.2, 0.25) is 5.91 Å². The van der Waals surface area contributed by atoms with Crippen LogP contribution in [-0.2, 0) is 11.2 Å². The molecule has 0 atom stereocenters. The van der Waals surface area contributed by atoms with E-state index in [0.29, 0.717) is 11.7 Å². The van der Waals surface area contributed by atoms with Gasteiger partial charge in [0.15, 0.2) is 5.13 Å². The summed E-state index contributed by atoms with van der Waals surface area (Å²) in [6.45, 7) is 4.55. The smallest absolute Gasteiger partial charge is 0.227 e. The van der Waals surface area contributed by atoms with Gasteiger partial charge in [-0.2, -0.15) is 0 Å². The Bertz CT molecular complexity index is 863. The number of nitrogens with zero attached hydrogens (tertiary/aromatic N) is 3. The summed E-state index contributed by atoms with van der Waals surface area (Å²) in [7, 11) is 0. The Hall–Kier alpha value is -2.41. The van der Waals surface area contributed by atoms with Crippen LogP contribution in [0.4, 0.5) is 5.13 Å². The van der Waals surface area contributed by atoms with Crippen LogP contribution >= 0.6 is 11.3 Å². The van der Waals surface area contributed by atoms with Gasteiger partial charge in [-0.25, -0.2) is 4.98 Å². The van der Waals surface area contributed by atoms with Gasteiger partial charge in [-0.05, 0) is 37.8 Å². The average molecular weight is 370 g/mol. The minimum Gasteiger partial charge on any atom is -0.361 e. The first-order chi connectivity index (χ1) is 12.7. The maximum atomic E-state index is 12.0. The third kappa shape index (κ3) is 3.88. The van der Waals surface area contributed by atoms with E-state index in [2.05, 4.69) is 33.6 Å². The number of carbonyl (C=O) groups excluding carboxylic acids is 1. The Morgan fingerprint density at radius 1 is 1.35 bits per heavy atom. The van der Waals surface area contributed by atoms with Crippen LogP contribution < -0.4 is 10.2 Å². The number of hydrogen-bond donors (Lipinski definition) is 1. The molecule has 3 heterocycles. The molecule has 136 valence electrons. The molecule has 2 aromatic heterocycles. The molecule has 1 saturated heterocycles. The zero-order chi connectivity index (χ0) is 17.9. The van der Waals surface area contributed by atoms with E-state index in [9.17, 15) is 4.79 Å². The standard InChI is InChI=1S/C19H22N4O2S/c1-13-10-15(25-22-13)11-18(24)20-12-14-6-8-23(9-7-14)19-21-16-4-2-3-5-17(16)26-19/h2-5,10,14H,6-9,11-12H2,1H3,(H,20,24). The highest BCUT2D eigenvalue weighted by molar-refractivity contribution is 7.22. The number of fused-ring (bicyclic) bond motifs is 1. The molecule has 0 aliphatic carbocycles. The number of nitrogens with one attached hydrogen (secondary N) is 1. The van der Waals surface area contributed by atoms with Crippen molar-refractivity contribution in [2.24, 2.45) is 5.92 Å². The first kappa shape index (κ1) is 17.0. The molecular weight excluding hydrogens is 348 g/mol. The zero-order valence-corrected chi connectivity index (χ0v) is 15.6. The molecule has 0 saturated carbocycles. The SMILES string of the molecule is Cc1cc(CC(=O)NCC2CCN(c3nc4ccccc4s3)CC2)on1. The lowest BCUT2D eigenvalue weighted by molar-refractivity contribution is -0.120. The minimum atomic E-state index is -0.00486. The first-order valence-corrected chi connectivity index (χ1v) is 9.78. The highest BCUT2D eigenvalue weighted by Gasteiger charge is 2.22. The van der Waals surface area contributed by atoms with Crippen molar-refractivity contribution in [1.82, 2.24) is 15.5 Å². The highest BCUT2D eigenvalue weighted by atomic mass is 32.1. The van der Waals surface area contributed by atoms with E-state index in [1.165, 1.54) is 4.70 Å². The van der Waals surface area contributed by atoms with Crippen LogP contribution in [0.3, 0.4) is 0 Å². The molecule has 1 aliphatic rings. The van der Waals surface area contributed by atoms with E-state index in [-0.39, 0.29) is 12.3 Å². The largest absolute Gasteiger partial charge is 0.361 e. The fraction of sp³-hybridized carbons (Fsp3) is 0.421.